The highest BCUT2D eigenvalue weighted by Crippen LogP contribution is 2.42. The molecule has 0 spiro atoms. The number of methoxy groups -OCH3 is 1. The van der Waals surface area contributed by atoms with Crippen molar-refractivity contribution in [3.63, 3.8) is 0 Å². The van der Waals surface area contributed by atoms with Crippen molar-refractivity contribution in [3.05, 3.63) is 36.3 Å². The van der Waals surface area contributed by atoms with Crippen molar-refractivity contribution in [2.75, 3.05) is 31.2 Å². The molecule has 1 saturated heterocycles. The number of nitrogens with zero attached hydrogens (tertiary/aromatic N) is 4. The molecule has 0 bridgehead atoms. The van der Waals surface area contributed by atoms with Crippen molar-refractivity contribution in [2.24, 2.45) is 0 Å². The maximum Gasteiger partial charge on any atom is 0.417 e. The van der Waals surface area contributed by atoms with Gasteiger partial charge in [-0.2, -0.15) is 18.3 Å². The van der Waals surface area contributed by atoms with Crippen molar-refractivity contribution < 1.29 is 27.4 Å². The molecule has 2 aromatic heterocycles. The van der Waals surface area contributed by atoms with Gasteiger partial charge in [0.15, 0.2) is 11.4 Å². The first-order valence-corrected chi connectivity index (χ1v) is 11.5. The van der Waals surface area contributed by atoms with Crippen molar-refractivity contribution in [2.45, 2.75) is 51.4 Å². The number of alkyl halides is 3. The van der Waals surface area contributed by atoms with Crippen LogP contribution in [0.4, 0.5) is 29.3 Å². The lowest BCUT2D eigenvalue weighted by molar-refractivity contribution is -0.137. The van der Waals surface area contributed by atoms with Gasteiger partial charge in [-0.1, -0.05) is 0 Å². The number of likely N-dealkylation sites (tertiary alicyclic amines) is 1. The van der Waals surface area contributed by atoms with E-state index >= 15 is 0 Å². The molecular weight excluding hydrogens is 477 g/mol. The summed E-state index contributed by atoms with van der Waals surface area (Å²) in [5.41, 5.74) is 5.52. The third-order valence-corrected chi connectivity index (χ3v) is 5.80. The highest BCUT2D eigenvalue weighted by atomic mass is 19.4. The number of halogens is 3. The van der Waals surface area contributed by atoms with Crippen LogP contribution in [0.25, 0.3) is 16.8 Å². The Labute approximate surface area is 206 Å². The van der Waals surface area contributed by atoms with Crippen LogP contribution in [-0.4, -0.2) is 57.4 Å². The molecule has 194 valence electrons. The second-order valence-electron chi connectivity index (χ2n) is 9.72. The van der Waals surface area contributed by atoms with Crippen LogP contribution >= 0.6 is 0 Å². The first kappa shape index (κ1) is 25.4. The number of pyridine rings is 1. The zero-order valence-electron chi connectivity index (χ0n) is 20.5. The summed E-state index contributed by atoms with van der Waals surface area (Å²) in [4.78, 5) is 18.1. The quantitative estimate of drug-likeness (QED) is 0.489. The molecule has 4 rings (SSSR count). The number of hydrogen-bond acceptors (Lipinski definition) is 7. The molecule has 36 heavy (non-hydrogen) atoms. The first-order valence-electron chi connectivity index (χ1n) is 11.5. The minimum atomic E-state index is -4.65. The predicted octanol–water partition coefficient (Wildman–Crippen LogP) is 4.82. The van der Waals surface area contributed by atoms with Gasteiger partial charge in [0.05, 0.1) is 24.0 Å². The number of anilines is 2. The van der Waals surface area contributed by atoms with Gasteiger partial charge in [0.1, 0.15) is 11.9 Å². The van der Waals surface area contributed by atoms with Gasteiger partial charge in [0.2, 0.25) is 0 Å². The van der Waals surface area contributed by atoms with Crippen LogP contribution in [0.1, 0.15) is 39.2 Å². The molecule has 0 saturated carbocycles. The third-order valence-electron chi connectivity index (χ3n) is 5.80. The minimum Gasteiger partial charge on any atom is -0.493 e. The van der Waals surface area contributed by atoms with Crippen molar-refractivity contribution in [1.82, 2.24) is 19.5 Å². The minimum absolute atomic E-state index is 0.111. The molecule has 0 aliphatic carbocycles. The number of hydrogen-bond donors (Lipinski definition) is 2. The summed E-state index contributed by atoms with van der Waals surface area (Å²) in [6.07, 6.45) is -1.02. The summed E-state index contributed by atoms with van der Waals surface area (Å²) in [5, 5.41) is 7.13. The number of carbonyl (C=O) groups is 1. The number of fused-ring (bicyclic) bond motifs is 1. The van der Waals surface area contributed by atoms with Crippen LogP contribution in [0.15, 0.2) is 30.7 Å². The van der Waals surface area contributed by atoms with E-state index in [-0.39, 0.29) is 40.8 Å². The Bertz CT molecular complexity index is 1270. The number of nitrogens with two attached hydrogens (primary N) is 1. The highest BCUT2D eigenvalue weighted by molar-refractivity contribution is 5.81. The maximum absolute atomic E-state index is 14.2. The van der Waals surface area contributed by atoms with E-state index in [2.05, 4.69) is 15.4 Å². The van der Waals surface area contributed by atoms with E-state index in [0.29, 0.717) is 25.0 Å². The summed E-state index contributed by atoms with van der Waals surface area (Å²) in [6, 6.07) is 3.49. The molecule has 0 unspecified atom stereocenters. The number of rotatable bonds is 4. The molecule has 3 aromatic rings. The average molecular weight is 507 g/mol. The standard InChI is InChI=1S/C24H29F3N6O3/c1-23(2,3)36-22(34)32-7-5-6-15(12-32)31-19-10-17(24(25,26)27)16(9-18(19)28)14-8-20(35-4)21-29-13-30-33(21)11-14/h8-11,13,15,31H,5-7,12,28H2,1-4H3/t15-/m1/s1. The molecule has 1 aliphatic heterocycles. The molecule has 3 N–H and O–H groups in total. The van der Waals surface area contributed by atoms with Gasteiger partial charge in [0, 0.05) is 30.9 Å². The lowest BCUT2D eigenvalue weighted by atomic mass is 9.97. The van der Waals surface area contributed by atoms with Crippen LogP contribution in [0.3, 0.4) is 0 Å². The van der Waals surface area contributed by atoms with Crippen LogP contribution in [0.5, 0.6) is 5.75 Å². The topological polar surface area (TPSA) is 107 Å². The first-order chi connectivity index (χ1) is 16.9. The second kappa shape index (κ2) is 9.40. The number of piperidine rings is 1. The Morgan fingerprint density at radius 3 is 2.64 bits per heavy atom. The normalized spacial score (nSPS) is 16.8. The number of aromatic nitrogens is 3. The monoisotopic (exact) mass is 506 g/mol. The van der Waals surface area contributed by atoms with Gasteiger partial charge in [-0.3, -0.25) is 0 Å². The van der Waals surface area contributed by atoms with E-state index in [1.807, 2.05) is 0 Å². The molecular formula is C24H29F3N6O3. The fourth-order valence-electron chi connectivity index (χ4n) is 4.22. The van der Waals surface area contributed by atoms with E-state index in [4.69, 9.17) is 15.2 Å². The lowest BCUT2D eigenvalue weighted by Crippen LogP contribution is -2.47. The van der Waals surface area contributed by atoms with Gasteiger partial charge in [-0.25, -0.2) is 14.3 Å². The number of carbonyl (C=O) groups excluding carboxylic acids is 1. The third kappa shape index (κ3) is 5.42. The van der Waals surface area contributed by atoms with Crippen LogP contribution < -0.4 is 15.8 Å². The van der Waals surface area contributed by atoms with Gasteiger partial charge in [-0.15, -0.1) is 0 Å². The van der Waals surface area contributed by atoms with E-state index in [1.165, 1.54) is 36.3 Å². The molecule has 1 amide bonds. The molecule has 1 atom stereocenters. The number of amides is 1. The molecule has 1 aliphatic rings. The molecule has 9 nitrogen and oxygen atoms in total. The average Bonchev–Trinajstić information content (AvgIpc) is 3.26. The molecule has 0 radical (unpaired) electrons. The Hall–Kier alpha value is -3.70. The van der Waals surface area contributed by atoms with Crippen molar-refractivity contribution in [3.8, 4) is 16.9 Å². The summed E-state index contributed by atoms with van der Waals surface area (Å²) in [5.74, 6) is 0.281. The van der Waals surface area contributed by atoms with E-state index < -0.39 is 23.4 Å². The summed E-state index contributed by atoms with van der Waals surface area (Å²) in [7, 11) is 1.41. The Kier molecular flexibility index (Phi) is 6.63. The predicted molar refractivity (Wildman–Crippen MR) is 129 cm³/mol. The van der Waals surface area contributed by atoms with Crippen molar-refractivity contribution >= 4 is 23.1 Å². The Balaban J connectivity index is 1.65. The van der Waals surface area contributed by atoms with Gasteiger partial charge >= 0.3 is 12.3 Å². The number of nitrogens with one attached hydrogen (secondary N) is 1. The SMILES string of the molecule is COc1cc(-c2cc(N)c(N[C@@H]3CCCN(C(=O)OC(C)(C)C)C3)cc2C(F)(F)F)cn2ncnc12. The summed E-state index contributed by atoms with van der Waals surface area (Å²) >= 11 is 0. The van der Waals surface area contributed by atoms with Crippen LogP contribution in [0, 0.1) is 0 Å². The van der Waals surface area contributed by atoms with Crippen LogP contribution in [0.2, 0.25) is 0 Å². The van der Waals surface area contributed by atoms with E-state index in [0.717, 1.165) is 6.07 Å². The zero-order chi connectivity index (χ0) is 26.3. The smallest absolute Gasteiger partial charge is 0.417 e. The summed E-state index contributed by atoms with van der Waals surface area (Å²) in [6.45, 7) is 6.14. The molecule has 1 aromatic carbocycles. The number of nitrogen functional groups attached to an aromatic ring is 1. The van der Waals surface area contributed by atoms with Crippen LogP contribution in [-0.2, 0) is 10.9 Å². The second-order valence-corrected chi connectivity index (χ2v) is 9.72. The van der Waals surface area contributed by atoms with Gasteiger partial charge in [0.25, 0.3) is 0 Å². The Morgan fingerprint density at radius 1 is 1.22 bits per heavy atom. The number of benzene rings is 1. The van der Waals surface area contributed by atoms with Gasteiger partial charge in [-0.05, 0) is 57.4 Å². The maximum atomic E-state index is 14.2. The highest BCUT2D eigenvalue weighted by Gasteiger charge is 2.36. The fraction of sp³-hybridized carbons (Fsp3) is 0.458. The van der Waals surface area contributed by atoms with E-state index in [9.17, 15) is 18.0 Å². The Morgan fingerprint density at radius 2 is 1.97 bits per heavy atom. The van der Waals surface area contributed by atoms with Gasteiger partial charge < -0.3 is 25.4 Å². The summed E-state index contributed by atoms with van der Waals surface area (Å²) < 4.78 is 54.6. The zero-order valence-corrected chi connectivity index (χ0v) is 20.5. The van der Waals surface area contributed by atoms with Crippen molar-refractivity contribution in [1.29, 1.82) is 0 Å². The number of ether oxygens (including phenoxy) is 2. The lowest BCUT2D eigenvalue weighted by Gasteiger charge is -2.35. The van der Waals surface area contributed by atoms with E-state index in [1.54, 1.807) is 25.7 Å². The fourth-order valence-corrected chi connectivity index (χ4v) is 4.22. The molecule has 3 heterocycles. The molecule has 1 fully saturated rings. The molecule has 12 heteroatoms. The largest absolute Gasteiger partial charge is 0.493 e.